The summed E-state index contributed by atoms with van der Waals surface area (Å²) in [6.07, 6.45) is 0.668. The zero-order valence-corrected chi connectivity index (χ0v) is 41.4. The minimum absolute atomic E-state index is 0.0282. The highest BCUT2D eigenvalue weighted by molar-refractivity contribution is 9.10. The number of amides is 2. The zero-order valence-electron chi connectivity index (χ0n) is 38.3. The highest BCUT2D eigenvalue weighted by Crippen LogP contribution is 2.33. The molecule has 0 radical (unpaired) electrons. The number of hydrogen-bond acceptors (Lipinski definition) is 18. The lowest BCUT2D eigenvalue weighted by Gasteiger charge is -2.28. The number of hydrogen-bond donors (Lipinski definition) is 6. The van der Waals surface area contributed by atoms with Crippen molar-refractivity contribution in [3.63, 3.8) is 0 Å². The third-order valence-corrected chi connectivity index (χ3v) is 8.57. The molecule has 0 saturated carbocycles. The molecule has 0 aromatic carbocycles. The van der Waals surface area contributed by atoms with Crippen LogP contribution in [-0.2, 0) is 76.4 Å². The highest BCUT2D eigenvalue weighted by atomic mass is 79.9. The van der Waals surface area contributed by atoms with Gasteiger partial charge in [0, 0.05) is 24.6 Å². The first-order valence-corrected chi connectivity index (χ1v) is 21.3. The van der Waals surface area contributed by atoms with Crippen LogP contribution in [-0.4, -0.2) is 156 Å². The van der Waals surface area contributed by atoms with Crippen LogP contribution in [0.25, 0.3) is 0 Å². The molecule has 0 aliphatic heterocycles. The van der Waals surface area contributed by atoms with Crippen LogP contribution in [0.2, 0.25) is 0 Å². The van der Waals surface area contributed by atoms with Gasteiger partial charge in [-0.1, -0.05) is 45.0 Å². The molecule has 22 nitrogen and oxygen atoms in total. The first-order chi connectivity index (χ1) is 30.0. The maximum Gasteiger partial charge on any atom is 0.333 e. The Morgan fingerprint density at radius 1 is 0.662 bits per heavy atom. The Kier molecular flexibility index (Phi) is 38.3. The molecule has 0 aromatic heterocycles. The molecule has 374 valence electrons. The number of ether oxygens (including phenoxy) is 6. The number of methoxy groups -OCH3 is 2. The van der Waals surface area contributed by atoms with E-state index < -0.39 is 61.8 Å². The average Bonchev–Trinajstić information content (AvgIpc) is 3.24. The second-order valence-electron chi connectivity index (χ2n) is 14.5. The van der Waals surface area contributed by atoms with E-state index in [-0.39, 0.29) is 114 Å². The van der Waals surface area contributed by atoms with Gasteiger partial charge in [-0.15, -0.1) is 0 Å². The Labute approximate surface area is 395 Å². The minimum Gasteiger partial charge on any atom is -0.481 e. The number of carbonyl (C=O) groups excluding carboxylic acids is 8. The molecule has 0 bridgehead atoms. The van der Waals surface area contributed by atoms with Crippen molar-refractivity contribution in [3.05, 3.63) is 24.8 Å². The molecule has 0 heterocycles. The van der Waals surface area contributed by atoms with Crippen molar-refractivity contribution in [3.8, 4) is 0 Å². The standard InChI is InChI=1S/C21H34BrNO10.C10H14O6.C5H9BrO2.C5H9NO2/c1-20(2,18(29)31-4)13-14(17(28)23-9-10-24)7-8-21(3,22)19(30)33-12-11-32-16(27)6-5-15(25)26;1-7(2)10(14)16-6-5-15-9(13)4-3-8(11)12;1-5(2,6)4(7)8-3;1-2-5(8)6-3-4-7/h14,24H,5-13H2,1-4H3,(H,23,28)(H,25,26);1,3-6H2,2H3,(H,11,12);1-3H3;2,7H,1,3-4H2,(H,6,8). The number of carbonyl (C=O) groups is 10. The van der Waals surface area contributed by atoms with Crippen molar-refractivity contribution < 1.29 is 96.8 Å². The molecule has 2 unspecified atom stereocenters. The largest absolute Gasteiger partial charge is 0.481 e. The molecule has 65 heavy (non-hydrogen) atoms. The molecule has 0 saturated heterocycles. The number of aliphatic carboxylic acids is 2. The smallest absolute Gasteiger partial charge is 0.333 e. The molecule has 0 spiro atoms. The lowest BCUT2D eigenvalue weighted by atomic mass is 9.79. The second kappa shape index (κ2) is 37.3. The topological polar surface area (TPSA) is 331 Å². The van der Waals surface area contributed by atoms with Gasteiger partial charge in [-0.2, -0.15) is 0 Å². The molecule has 6 N–H and O–H groups in total. The average molecular weight is 1070 g/mol. The summed E-state index contributed by atoms with van der Waals surface area (Å²) in [4.78, 5) is 111. The molecule has 2 atom stereocenters. The van der Waals surface area contributed by atoms with Gasteiger partial charge >= 0.3 is 47.8 Å². The van der Waals surface area contributed by atoms with E-state index >= 15 is 0 Å². The van der Waals surface area contributed by atoms with E-state index in [0.29, 0.717) is 6.54 Å². The summed E-state index contributed by atoms with van der Waals surface area (Å²) in [5.74, 6) is -6.67. The van der Waals surface area contributed by atoms with Gasteiger partial charge in [0.1, 0.15) is 35.1 Å². The van der Waals surface area contributed by atoms with Gasteiger partial charge in [0.2, 0.25) is 11.8 Å². The van der Waals surface area contributed by atoms with E-state index in [9.17, 15) is 47.9 Å². The Morgan fingerprint density at radius 2 is 1.09 bits per heavy atom. The Hall–Kier alpha value is -4.94. The maximum atomic E-state index is 12.6. The highest BCUT2D eigenvalue weighted by Gasteiger charge is 2.38. The van der Waals surface area contributed by atoms with E-state index in [1.54, 1.807) is 34.6 Å². The van der Waals surface area contributed by atoms with Crippen molar-refractivity contribution >= 4 is 91.4 Å². The normalized spacial score (nSPS) is 11.7. The fourth-order valence-electron chi connectivity index (χ4n) is 4.08. The van der Waals surface area contributed by atoms with E-state index in [4.69, 9.17) is 34.6 Å². The van der Waals surface area contributed by atoms with Crippen LogP contribution in [0.15, 0.2) is 24.8 Å². The fraction of sp³-hybridized carbons (Fsp3) is 0.659. The summed E-state index contributed by atoms with van der Waals surface area (Å²) < 4.78 is 26.7. The number of carboxylic acids is 2. The molecular formula is C41H66Br2N2O20. The summed E-state index contributed by atoms with van der Waals surface area (Å²) in [6.45, 7) is 16.0. The van der Waals surface area contributed by atoms with Crippen molar-refractivity contribution in [2.24, 2.45) is 11.3 Å². The van der Waals surface area contributed by atoms with Crippen LogP contribution in [0.4, 0.5) is 0 Å². The van der Waals surface area contributed by atoms with Crippen LogP contribution in [0, 0.1) is 11.3 Å². The van der Waals surface area contributed by atoms with Gasteiger partial charge in [-0.05, 0) is 66.9 Å². The van der Waals surface area contributed by atoms with Crippen molar-refractivity contribution in [2.75, 3.05) is 67.0 Å². The second-order valence-corrected chi connectivity index (χ2v) is 18.2. The van der Waals surface area contributed by atoms with E-state index in [1.807, 2.05) is 0 Å². The molecule has 0 aliphatic rings. The lowest BCUT2D eigenvalue weighted by Crippen LogP contribution is -2.39. The fourth-order valence-corrected chi connectivity index (χ4v) is 4.59. The Morgan fingerprint density at radius 3 is 1.46 bits per heavy atom. The quantitative estimate of drug-likeness (QED) is 0.0226. The predicted octanol–water partition coefficient (Wildman–Crippen LogP) is 2.31. The van der Waals surface area contributed by atoms with Crippen LogP contribution < -0.4 is 10.6 Å². The first kappa shape index (κ1) is 66.7. The number of alkyl halides is 2. The van der Waals surface area contributed by atoms with Gasteiger partial charge in [-0.25, -0.2) is 4.79 Å². The number of rotatable bonds is 27. The monoisotopic (exact) mass is 1060 g/mol. The number of aliphatic hydroxyl groups excluding tert-OH is 2. The molecule has 0 rings (SSSR count). The van der Waals surface area contributed by atoms with Gasteiger partial charge in [-0.3, -0.25) is 43.2 Å². The van der Waals surface area contributed by atoms with Crippen molar-refractivity contribution in [1.29, 1.82) is 0 Å². The van der Waals surface area contributed by atoms with Crippen LogP contribution >= 0.6 is 31.9 Å². The summed E-state index contributed by atoms with van der Waals surface area (Å²) >= 11 is 6.44. The SMILES string of the molecule is C=C(C)C(=O)OCCOC(=O)CCC(=O)O.C=CC(=O)NCCO.COC(=O)C(C)(C)Br.COC(=O)C(C)(C)CC(CCC(C)(Br)C(=O)OCCOC(=O)CCC(=O)O)C(=O)NCCO. The van der Waals surface area contributed by atoms with Crippen LogP contribution in [0.3, 0.4) is 0 Å². The predicted molar refractivity (Wildman–Crippen MR) is 238 cm³/mol. The summed E-state index contributed by atoms with van der Waals surface area (Å²) in [5, 5.41) is 38.9. The van der Waals surface area contributed by atoms with Crippen LogP contribution in [0.5, 0.6) is 0 Å². The third-order valence-electron chi connectivity index (χ3n) is 7.53. The number of aliphatic hydroxyl groups is 2. The summed E-state index contributed by atoms with van der Waals surface area (Å²) in [6, 6.07) is 0. The number of halogens is 2. The summed E-state index contributed by atoms with van der Waals surface area (Å²) in [7, 11) is 2.63. The number of esters is 6. The Bertz CT molecular complexity index is 1560. The number of carboxylic acid groups (broad SMARTS) is 2. The van der Waals surface area contributed by atoms with Gasteiger partial charge in [0.15, 0.2) is 0 Å². The third kappa shape index (κ3) is 39.2. The van der Waals surface area contributed by atoms with E-state index in [2.05, 4.69) is 69.9 Å². The Balaban J connectivity index is -0.000000473. The zero-order chi connectivity index (χ0) is 51.4. The van der Waals surface area contributed by atoms with E-state index in [0.717, 1.165) is 6.08 Å². The summed E-state index contributed by atoms with van der Waals surface area (Å²) in [5.41, 5.74) is -0.679. The van der Waals surface area contributed by atoms with Gasteiger partial charge in [0.05, 0.1) is 58.5 Å². The number of nitrogens with one attached hydrogen (secondary N) is 2. The molecule has 2 amide bonds. The molecule has 0 aliphatic carbocycles. The van der Waals surface area contributed by atoms with E-state index in [1.165, 1.54) is 21.1 Å². The molecular weight excluding hydrogens is 1000 g/mol. The van der Waals surface area contributed by atoms with Crippen molar-refractivity contribution in [1.82, 2.24) is 10.6 Å². The maximum absolute atomic E-state index is 12.6. The molecule has 24 heteroatoms. The minimum atomic E-state index is -1.15. The lowest BCUT2D eigenvalue weighted by molar-refractivity contribution is -0.154. The molecule has 0 aromatic rings. The van der Waals surface area contributed by atoms with Gasteiger partial charge < -0.3 is 59.5 Å². The molecule has 0 fully saturated rings. The van der Waals surface area contributed by atoms with Gasteiger partial charge in [0.25, 0.3) is 0 Å². The van der Waals surface area contributed by atoms with Crippen LogP contribution in [0.1, 0.15) is 86.5 Å². The first-order valence-electron chi connectivity index (χ1n) is 19.7. The van der Waals surface area contributed by atoms with Crippen molar-refractivity contribution in [2.45, 2.75) is 95.1 Å².